The van der Waals surface area contributed by atoms with E-state index in [2.05, 4.69) is 25.1 Å². The average molecular weight is 443 g/mol. The molecule has 11 heteroatoms. The Bertz CT molecular complexity index is 1360. The van der Waals surface area contributed by atoms with Crippen molar-refractivity contribution in [1.29, 1.82) is 0 Å². The maximum Gasteiger partial charge on any atom is 0.178 e. The SMILES string of the molecule is CS(=O)(=O)c1ccc(N2CCN(c3cc(O)cn4nc5[nH]ncc5c34)CC2CO)cc1. The number of nitrogens with zero attached hydrogens (tertiary/aromatic N) is 5. The summed E-state index contributed by atoms with van der Waals surface area (Å²) in [6.45, 7) is 1.72. The lowest BCUT2D eigenvalue weighted by Crippen LogP contribution is -2.55. The highest BCUT2D eigenvalue weighted by Gasteiger charge is 2.29. The van der Waals surface area contributed by atoms with E-state index in [0.717, 1.165) is 22.3 Å². The quantitative estimate of drug-likeness (QED) is 0.427. The standard InChI is InChI=1S/C20H22N6O4S/c1-31(29,30)16-4-2-13(3-5-16)25-7-6-24(10-14(25)12-27)18-8-15(28)11-26-19(18)17-9-21-22-20(17)23-26/h2-5,8-9,11,14,27-28H,6-7,10,12H2,1H3,(H,22,23). The average Bonchev–Trinajstić information content (AvgIpc) is 3.33. The van der Waals surface area contributed by atoms with Gasteiger partial charge in [-0.25, -0.2) is 12.9 Å². The summed E-state index contributed by atoms with van der Waals surface area (Å²) in [7, 11) is -3.26. The largest absolute Gasteiger partial charge is 0.506 e. The van der Waals surface area contributed by atoms with Crippen molar-refractivity contribution in [1.82, 2.24) is 19.8 Å². The van der Waals surface area contributed by atoms with Crippen LogP contribution in [0.4, 0.5) is 11.4 Å². The first-order valence-corrected chi connectivity index (χ1v) is 11.7. The molecule has 1 fully saturated rings. The number of anilines is 2. The molecular formula is C20H22N6O4S. The molecular weight excluding hydrogens is 420 g/mol. The van der Waals surface area contributed by atoms with Gasteiger partial charge >= 0.3 is 0 Å². The third-order valence-corrected chi connectivity index (χ3v) is 6.85. The molecule has 5 rings (SSSR count). The van der Waals surface area contributed by atoms with Crippen molar-refractivity contribution in [3.05, 3.63) is 42.7 Å². The first-order chi connectivity index (χ1) is 14.8. The number of sulfone groups is 1. The first kappa shape index (κ1) is 19.6. The van der Waals surface area contributed by atoms with Crippen LogP contribution in [-0.2, 0) is 9.84 Å². The van der Waals surface area contributed by atoms with Gasteiger partial charge in [0, 0.05) is 37.6 Å². The van der Waals surface area contributed by atoms with Gasteiger partial charge in [0.2, 0.25) is 0 Å². The van der Waals surface area contributed by atoms with Crippen molar-refractivity contribution in [2.75, 3.05) is 42.3 Å². The molecule has 0 bridgehead atoms. The highest BCUT2D eigenvalue weighted by molar-refractivity contribution is 7.90. The second-order valence-electron chi connectivity index (χ2n) is 7.75. The van der Waals surface area contributed by atoms with Gasteiger partial charge in [0.15, 0.2) is 15.5 Å². The van der Waals surface area contributed by atoms with Crippen molar-refractivity contribution >= 4 is 37.8 Å². The van der Waals surface area contributed by atoms with Crippen LogP contribution in [0, 0.1) is 0 Å². The maximum atomic E-state index is 11.7. The molecule has 31 heavy (non-hydrogen) atoms. The van der Waals surface area contributed by atoms with Gasteiger partial charge in [-0.2, -0.15) is 5.10 Å². The Morgan fingerprint density at radius 3 is 2.71 bits per heavy atom. The summed E-state index contributed by atoms with van der Waals surface area (Å²) in [4.78, 5) is 4.46. The van der Waals surface area contributed by atoms with Crippen molar-refractivity contribution in [2.24, 2.45) is 0 Å². The van der Waals surface area contributed by atoms with E-state index >= 15 is 0 Å². The molecule has 1 aliphatic heterocycles. The fourth-order valence-corrected chi connectivity index (χ4v) is 4.86. The van der Waals surface area contributed by atoms with Crippen LogP contribution in [0.25, 0.3) is 16.6 Å². The minimum atomic E-state index is -3.26. The van der Waals surface area contributed by atoms with Gasteiger partial charge in [0.25, 0.3) is 0 Å². The van der Waals surface area contributed by atoms with E-state index in [9.17, 15) is 18.6 Å². The molecule has 1 aliphatic rings. The Kier molecular flexibility index (Phi) is 4.52. The van der Waals surface area contributed by atoms with Gasteiger partial charge in [-0.15, -0.1) is 5.10 Å². The number of piperazine rings is 1. The molecule has 1 atom stereocenters. The summed E-state index contributed by atoms with van der Waals surface area (Å²) in [6, 6.07) is 8.22. The summed E-state index contributed by atoms with van der Waals surface area (Å²) >= 11 is 0. The number of hydrogen-bond donors (Lipinski definition) is 3. The normalized spacial score (nSPS) is 17.7. The Morgan fingerprint density at radius 2 is 2.00 bits per heavy atom. The topological polar surface area (TPSA) is 127 Å². The number of aromatic hydroxyl groups is 1. The van der Waals surface area contributed by atoms with E-state index in [-0.39, 0.29) is 23.3 Å². The monoisotopic (exact) mass is 442 g/mol. The predicted molar refractivity (Wildman–Crippen MR) is 116 cm³/mol. The summed E-state index contributed by atoms with van der Waals surface area (Å²) in [5.41, 5.74) is 3.14. The second kappa shape index (κ2) is 7.13. The minimum Gasteiger partial charge on any atom is -0.506 e. The fourth-order valence-electron chi connectivity index (χ4n) is 4.23. The molecule has 0 radical (unpaired) electrons. The lowest BCUT2D eigenvalue weighted by atomic mass is 10.1. The molecule has 1 saturated heterocycles. The van der Waals surface area contributed by atoms with Gasteiger partial charge < -0.3 is 20.0 Å². The van der Waals surface area contributed by atoms with Crippen LogP contribution in [0.5, 0.6) is 5.75 Å². The van der Waals surface area contributed by atoms with Crippen LogP contribution in [0.1, 0.15) is 0 Å². The summed E-state index contributed by atoms with van der Waals surface area (Å²) in [5, 5.41) is 32.5. The van der Waals surface area contributed by atoms with Crippen molar-refractivity contribution in [3.63, 3.8) is 0 Å². The molecule has 10 nitrogen and oxygen atoms in total. The van der Waals surface area contributed by atoms with Crippen LogP contribution in [0.3, 0.4) is 0 Å². The zero-order valence-corrected chi connectivity index (χ0v) is 17.6. The van der Waals surface area contributed by atoms with Crippen LogP contribution < -0.4 is 9.80 Å². The molecule has 3 aromatic heterocycles. The van der Waals surface area contributed by atoms with Gasteiger partial charge in [-0.1, -0.05) is 0 Å². The third kappa shape index (κ3) is 3.35. The Morgan fingerprint density at radius 1 is 1.23 bits per heavy atom. The van der Waals surface area contributed by atoms with Crippen molar-refractivity contribution in [2.45, 2.75) is 10.9 Å². The highest BCUT2D eigenvalue weighted by atomic mass is 32.2. The number of aromatic nitrogens is 4. The summed E-state index contributed by atoms with van der Waals surface area (Å²) < 4.78 is 25.1. The molecule has 0 amide bonds. The number of fused-ring (bicyclic) bond motifs is 3. The summed E-state index contributed by atoms with van der Waals surface area (Å²) in [6.07, 6.45) is 4.44. The van der Waals surface area contributed by atoms with E-state index in [1.807, 2.05) is 0 Å². The zero-order chi connectivity index (χ0) is 21.8. The highest BCUT2D eigenvalue weighted by Crippen LogP contribution is 2.33. The molecule has 0 spiro atoms. The number of aliphatic hydroxyl groups excluding tert-OH is 1. The van der Waals surface area contributed by atoms with Gasteiger partial charge in [-0.3, -0.25) is 5.10 Å². The second-order valence-corrected chi connectivity index (χ2v) is 9.77. The van der Waals surface area contributed by atoms with Crippen molar-refractivity contribution in [3.8, 4) is 5.75 Å². The van der Waals surface area contributed by atoms with Crippen molar-refractivity contribution < 1.29 is 18.6 Å². The number of benzene rings is 1. The number of aromatic amines is 1. The van der Waals surface area contributed by atoms with E-state index in [1.165, 1.54) is 6.26 Å². The van der Waals surface area contributed by atoms with Crippen LogP contribution in [0.15, 0.2) is 47.6 Å². The van der Waals surface area contributed by atoms with E-state index in [0.29, 0.717) is 25.3 Å². The summed E-state index contributed by atoms with van der Waals surface area (Å²) in [5.74, 6) is 0.0972. The number of rotatable bonds is 4. The minimum absolute atomic E-state index is 0.0696. The number of H-pyrrole nitrogens is 1. The number of pyridine rings is 1. The molecule has 0 aliphatic carbocycles. The molecule has 1 unspecified atom stereocenters. The Hall–Kier alpha value is -3.31. The third-order valence-electron chi connectivity index (χ3n) is 5.72. The lowest BCUT2D eigenvalue weighted by molar-refractivity contribution is 0.253. The molecule has 4 heterocycles. The van der Waals surface area contributed by atoms with Gasteiger partial charge in [-0.05, 0) is 24.3 Å². The number of nitrogens with one attached hydrogen (secondary N) is 1. The number of aliphatic hydroxyl groups is 1. The molecule has 4 aromatic rings. The molecule has 162 valence electrons. The fraction of sp³-hybridized carbons (Fsp3) is 0.300. The van der Waals surface area contributed by atoms with Gasteiger partial charge in [0.05, 0.1) is 41.0 Å². The Balaban J connectivity index is 1.47. The first-order valence-electron chi connectivity index (χ1n) is 9.82. The number of hydrogen-bond acceptors (Lipinski definition) is 8. The van der Waals surface area contributed by atoms with E-state index in [4.69, 9.17) is 0 Å². The lowest BCUT2D eigenvalue weighted by Gasteiger charge is -2.43. The smallest absolute Gasteiger partial charge is 0.178 e. The van der Waals surface area contributed by atoms with Crippen LogP contribution in [0.2, 0.25) is 0 Å². The molecule has 0 saturated carbocycles. The van der Waals surface area contributed by atoms with E-state index < -0.39 is 9.84 Å². The van der Waals surface area contributed by atoms with Crippen LogP contribution >= 0.6 is 0 Å². The molecule has 1 aromatic carbocycles. The maximum absolute atomic E-state index is 11.7. The van der Waals surface area contributed by atoms with Gasteiger partial charge in [0.1, 0.15) is 11.3 Å². The zero-order valence-electron chi connectivity index (χ0n) is 16.8. The van der Waals surface area contributed by atoms with E-state index in [1.54, 1.807) is 47.2 Å². The molecule has 3 N–H and O–H groups in total. The Labute approximate surface area is 178 Å². The predicted octanol–water partition coefficient (Wildman–Crippen LogP) is 1.01. The van der Waals surface area contributed by atoms with Crippen LogP contribution in [-0.4, -0.2) is 77.0 Å².